The molecule has 0 spiro atoms. The number of aliphatic hydroxyl groups excluding tert-OH is 1. The number of aromatic nitrogens is 3. The highest BCUT2D eigenvalue weighted by atomic mass is 16.3. The van der Waals surface area contributed by atoms with E-state index in [4.69, 9.17) is 0 Å². The maximum absolute atomic E-state index is 10.9. The zero-order chi connectivity index (χ0) is 14.7. The van der Waals surface area contributed by atoms with E-state index in [1.54, 1.807) is 17.9 Å². The van der Waals surface area contributed by atoms with Gasteiger partial charge in [-0.05, 0) is 11.1 Å². The molecule has 0 aliphatic rings. The van der Waals surface area contributed by atoms with Gasteiger partial charge in [-0.1, -0.05) is 65.9 Å². The molecule has 106 valence electrons. The van der Waals surface area contributed by atoms with Gasteiger partial charge < -0.3 is 5.11 Å². The fraction of sp³-hybridized carbons (Fsp3) is 0.176. The summed E-state index contributed by atoms with van der Waals surface area (Å²) in [5.41, 5.74) is 2.84. The van der Waals surface area contributed by atoms with Crippen LogP contribution < -0.4 is 0 Å². The van der Waals surface area contributed by atoms with Crippen LogP contribution in [0.5, 0.6) is 0 Å². The molecule has 1 heterocycles. The number of hydrogen-bond donors (Lipinski definition) is 1. The van der Waals surface area contributed by atoms with E-state index in [2.05, 4.69) is 10.3 Å². The average molecular weight is 279 g/mol. The highest BCUT2D eigenvalue weighted by Gasteiger charge is 2.26. The molecule has 2 aromatic carbocycles. The van der Waals surface area contributed by atoms with Crippen LogP contribution in [0, 0.1) is 0 Å². The standard InChI is InChI=1S/C17H17N3O/c1-20-15(12-18-19-20)17(21)16(13-8-4-2-5-9-13)14-10-6-3-7-11-14/h2-12,16-17,21H,1H3. The molecule has 1 N–H and O–H groups in total. The molecule has 0 radical (unpaired) electrons. The van der Waals surface area contributed by atoms with Gasteiger partial charge in [0.25, 0.3) is 0 Å². The summed E-state index contributed by atoms with van der Waals surface area (Å²) >= 11 is 0. The molecule has 0 saturated carbocycles. The maximum atomic E-state index is 10.9. The van der Waals surface area contributed by atoms with Crippen molar-refractivity contribution in [2.45, 2.75) is 12.0 Å². The summed E-state index contributed by atoms with van der Waals surface area (Å²) < 4.78 is 1.61. The van der Waals surface area contributed by atoms with Gasteiger partial charge in [-0.2, -0.15) is 0 Å². The van der Waals surface area contributed by atoms with Gasteiger partial charge in [0.15, 0.2) is 0 Å². The lowest BCUT2D eigenvalue weighted by Gasteiger charge is -2.23. The first kappa shape index (κ1) is 13.5. The molecule has 0 saturated heterocycles. The summed E-state index contributed by atoms with van der Waals surface area (Å²) in [7, 11) is 1.79. The van der Waals surface area contributed by atoms with Crippen molar-refractivity contribution in [2.24, 2.45) is 7.05 Å². The van der Waals surface area contributed by atoms with Crippen molar-refractivity contribution in [3.05, 3.63) is 83.7 Å². The molecule has 0 bridgehead atoms. The topological polar surface area (TPSA) is 50.9 Å². The lowest BCUT2D eigenvalue weighted by atomic mass is 9.85. The van der Waals surface area contributed by atoms with Crippen LogP contribution in [-0.4, -0.2) is 20.1 Å². The van der Waals surface area contributed by atoms with Crippen molar-refractivity contribution in [1.29, 1.82) is 0 Å². The fourth-order valence-corrected chi connectivity index (χ4v) is 2.61. The molecule has 0 aliphatic heterocycles. The Kier molecular flexibility index (Phi) is 3.79. The van der Waals surface area contributed by atoms with Crippen LogP contribution in [0.3, 0.4) is 0 Å². The van der Waals surface area contributed by atoms with Gasteiger partial charge in [0.1, 0.15) is 6.10 Å². The van der Waals surface area contributed by atoms with Gasteiger partial charge in [-0.3, -0.25) is 0 Å². The normalized spacial score (nSPS) is 12.5. The predicted molar refractivity (Wildman–Crippen MR) is 80.7 cm³/mol. The van der Waals surface area contributed by atoms with E-state index in [0.717, 1.165) is 11.1 Å². The second kappa shape index (κ2) is 5.89. The SMILES string of the molecule is Cn1nncc1C(O)C(c1ccccc1)c1ccccc1. The summed E-state index contributed by atoms with van der Waals surface area (Å²) in [5.74, 6) is -0.149. The van der Waals surface area contributed by atoms with Gasteiger partial charge in [-0.15, -0.1) is 5.10 Å². The van der Waals surface area contributed by atoms with Crippen LogP contribution in [0.1, 0.15) is 28.8 Å². The monoisotopic (exact) mass is 279 g/mol. The largest absolute Gasteiger partial charge is 0.386 e. The van der Waals surface area contributed by atoms with E-state index >= 15 is 0 Å². The third-order valence-electron chi connectivity index (χ3n) is 3.69. The molecule has 1 aromatic heterocycles. The van der Waals surface area contributed by atoms with Crippen LogP contribution in [-0.2, 0) is 7.05 Å². The highest BCUT2D eigenvalue weighted by molar-refractivity contribution is 5.35. The molecule has 3 aromatic rings. The fourth-order valence-electron chi connectivity index (χ4n) is 2.61. The number of aryl methyl sites for hydroxylation is 1. The van der Waals surface area contributed by atoms with Gasteiger partial charge in [0.05, 0.1) is 11.9 Å². The van der Waals surface area contributed by atoms with Crippen molar-refractivity contribution in [1.82, 2.24) is 15.0 Å². The van der Waals surface area contributed by atoms with Crippen molar-refractivity contribution in [2.75, 3.05) is 0 Å². The Morgan fingerprint density at radius 3 is 1.86 bits per heavy atom. The summed E-state index contributed by atoms with van der Waals surface area (Å²) in [4.78, 5) is 0. The molecule has 0 fully saturated rings. The molecule has 4 heteroatoms. The number of nitrogens with zero attached hydrogens (tertiary/aromatic N) is 3. The Morgan fingerprint density at radius 2 is 1.43 bits per heavy atom. The van der Waals surface area contributed by atoms with Crippen molar-refractivity contribution >= 4 is 0 Å². The minimum atomic E-state index is -0.699. The van der Waals surface area contributed by atoms with Crippen molar-refractivity contribution in [3.8, 4) is 0 Å². The molecule has 3 rings (SSSR count). The van der Waals surface area contributed by atoms with Gasteiger partial charge >= 0.3 is 0 Å². The Bertz CT molecular complexity index is 655. The smallest absolute Gasteiger partial charge is 0.108 e. The Hall–Kier alpha value is -2.46. The molecular formula is C17H17N3O. The van der Waals surface area contributed by atoms with E-state index in [1.165, 1.54) is 0 Å². The molecule has 21 heavy (non-hydrogen) atoms. The third-order valence-corrected chi connectivity index (χ3v) is 3.69. The van der Waals surface area contributed by atoms with Gasteiger partial charge in [-0.25, -0.2) is 4.68 Å². The number of rotatable bonds is 4. The Labute approximate surface area is 123 Å². The molecule has 1 atom stereocenters. The number of hydrogen-bond acceptors (Lipinski definition) is 3. The first-order valence-electron chi connectivity index (χ1n) is 6.90. The zero-order valence-corrected chi connectivity index (χ0v) is 11.8. The number of benzene rings is 2. The van der Waals surface area contributed by atoms with Gasteiger partial charge in [0.2, 0.25) is 0 Å². The van der Waals surface area contributed by atoms with Crippen LogP contribution >= 0.6 is 0 Å². The van der Waals surface area contributed by atoms with E-state index in [1.807, 2.05) is 60.7 Å². The molecule has 0 aliphatic carbocycles. The molecular weight excluding hydrogens is 262 g/mol. The molecule has 1 unspecified atom stereocenters. The quantitative estimate of drug-likeness (QED) is 0.799. The van der Waals surface area contributed by atoms with Crippen LogP contribution in [0.4, 0.5) is 0 Å². The first-order chi connectivity index (χ1) is 10.3. The zero-order valence-electron chi connectivity index (χ0n) is 11.8. The molecule has 0 amide bonds. The molecule has 4 nitrogen and oxygen atoms in total. The maximum Gasteiger partial charge on any atom is 0.108 e. The summed E-state index contributed by atoms with van der Waals surface area (Å²) in [5, 5.41) is 18.6. The second-order valence-electron chi connectivity index (χ2n) is 5.03. The summed E-state index contributed by atoms with van der Waals surface area (Å²) in [6.45, 7) is 0. The van der Waals surface area contributed by atoms with E-state index in [0.29, 0.717) is 5.69 Å². The number of aliphatic hydroxyl groups is 1. The van der Waals surface area contributed by atoms with Crippen LogP contribution in [0.15, 0.2) is 66.9 Å². The third kappa shape index (κ3) is 2.71. The second-order valence-corrected chi connectivity index (χ2v) is 5.03. The van der Waals surface area contributed by atoms with E-state index in [9.17, 15) is 5.11 Å². The Balaban J connectivity index is 2.07. The predicted octanol–water partition coefficient (Wildman–Crippen LogP) is 2.68. The lowest BCUT2D eigenvalue weighted by molar-refractivity contribution is 0.149. The van der Waals surface area contributed by atoms with Gasteiger partial charge in [0, 0.05) is 13.0 Å². The van der Waals surface area contributed by atoms with Crippen molar-refractivity contribution in [3.63, 3.8) is 0 Å². The lowest BCUT2D eigenvalue weighted by Crippen LogP contribution is -2.15. The highest BCUT2D eigenvalue weighted by Crippen LogP contribution is 2.36. The average Bonchev–Trinajstić information content (AvgIpc) is 2.96. The summed E-state index contributed by atoms with van der Waals surface area (Å²) in [6.07, 6.45) is 0.915. The van der Waals surface area contributed by atoms with Crippen LogP contribution in [0.25, 0.3) is 0 Å². The first-order valence-corrected chi connectivity index (χ1v) is 6.90. The minimum Gasteiger partial charge on any atom is -0.386 e. The minimum absolute atomic E-state index is 0.149. The van der Waals surface area contributed by atoms with E-state index < -0.39 is 6.10 Å². The van der Waals surface area contributed by atoms with E-state index in [-0.39, 0.29) is 5.92 Å². The Morgan fingerprint density at radius 1 is 0.905 bits per heavy atom. The summed E-state index contributed by atoms with van der Waals surface area (Å²) in [6, 6.07) is 20.0. The van der Waals surface area contributed by atoms with Crippen LogP contribution in [0.2, 0.25) is 0 Å². The van der Waals surface area contributed by atoms with Crippen molar-refractivity contribution < 1.29 is 5.11 Å².